The van der Waals surface area contributed by atoms with Crippen LogP contribution in [0, 0.1) is 23.7 Å². The predicted molar refractivity (Wildman–Crippen MR) is 101 cm³/mol. The summed E-state index contributed by atoms with van der Waals surface area (Å²) in [4.78, 5) is 0. The zero-order chi connectivity index (χ0) is 15.7. The third kappa shape index (κ3) is 10.8. The summed E-state index contributed by atoms with van der Waals surface area (Å²) >= 11 is 0. The second kappa shape index (κ2) is 12.1. The van der Waals surface area contributed by atoms with Crippen molar-refractivity contribution >= 4 is 0 Å². The Morgan fingerprint density at radius 3 is 1.10 bits per heavy atom. The molecule has 1 aliphatic rings. The standard InChI is InChI=1S/C12H22.C8H16.CH4/c1-9(2)11-7-5-6-8-12(11)10(3)4;1-7(2)5-6-8(3)4;/h9-10H,5-8H2,1-4H3;5-8H,1-4H3;1H4/b;6-5-;. The number of rotatable bonds is 4. The Morgan fingerprint density at radius 1 is 0.619 bits per heavy atom. The van der Waals surface area contributed by atoms with Gasteiger partial charge in [0.25, 0.3) is 0 Å². The normalized spacial score (nSPS) is 15.8. The van der Waals surface area contributed by atoms with Crippen LogP contribution in [0.2, 0.25) is 0 Å². The van der Waals surface area contributed by atoms with Gasteiger partial charge in [0.15, 0.2) is 0 Å². The van der Waals surface area contributed by atoms with Crippen molar-refractivity contribution in [2.75, 3.05) is 0 Å². The summed E-state index contributed by atoms with van der Waals surface area (Å²) in [5.41, 5.74) is 3.52. The highest BCUT2D eigenvalue weighted by Gasteiger charge is 2.16. The molecule has 0 spiro atoms. The molecule has 0 heterocycles. The first-order chi connectivity index (χ1) is 9.25. The van der Waals surface area contributed by atoms with E-state index in [1.165, 1.54) is 25.7 Å². The van der Waals surface area contributed by atoms with Crippen LogP contribution in [0.3, 0.4) is 0 Å². The number of hydrogen-bond acceptors (Lipinski definition) is 0. The summed E-state index contributed by atoms with van der Waals surface area (Å²) in [6.07, 6.45) is 10.1. The minimum absolute atomic E-state index is 0. The summed E-state index contributed by atoms with van der Waals surface area (Å²) in [6.45, 7) is 18.1. The lowest BCUT2D eigenvalue weighted by Gasteiger charge is -2.25. The molecule has 126 valence electrons. The lowest BCUT2D eigenvalue weighted by molar-refractivity contribution is 0.549. The first kappa shape index (κ1) is 22.8. The maximum absolute atomic E-state index is 2.34. The van der Waals surface area contributed by atoms with Crippen molar-refractivity contribution in [3.8, 4) is 0 Å². The van der Waals surface area contributed by atoms with Gasteiger partial charge in [-0.05, 0) is 49.4 Å². The molecule has 0 amide bonds. The first-order valence-electron chi connectivity index (χ1n) is 8.65. The Balaban J connectivity index is 0. The molecule has 1 aliphatic carbocycles. The maximum atomic E-state index is 2.34. The second-order valence-corrected chi connectivity index (χ2v) is 7.44. The van der Waals surface area contributed by atoms with Crippen LogP contribution in [0.4, 0.5) is 0 Å². The van der Waals surface area contributed by atoms with Gasteiger partial charge in [-0.15, -0.1) is 0 Å². The van der Waals surface area contributed by atoms with Crippen molar-refractivity contribution in [2.45, 2.75) is 88.5 Å². The average Bonchev–Trinajstić information content (AvgIpc) is 2.37. The van der Waals surface area contributed by atoms with Crippen LogP contribution in [0.15, 0.2) is 23.3 Å². The van der Waals surface area contributed by atoms with E-state index in [9.17, 15) is 0 Å². The van der Waals surface area contributed by atoms with Crippen LogP contribution < -0.4 is 0 Å². The van der Waals surface area contributed by atoms with E-state index in [2.05, 4.69) is 67.5 Å². The van der Waals surface area contributed by atoms with E-state index in [1.807, 2.05) is 0 Å². The molecule has 1 rings (SSSR count). The van der Waals surface area contributed by atoms with Gasteiger partial charge in [-0.2, -0.15) is 0 Å². The molecule has 0 heteroatoms. The van der Waals surface area contributed by atoms with Crippen LogP contribution in [0.25, 0.3) is 0 Å². The molecular weight excluding hydrogens is 252 g/mol. The van der Waals surface area contributed by atoms with Crippen LogP contribution >= 0.6 is 0 Å². The molecule has 0 bridgehead atoms. The van der Waals surface area contributed by atoms with E-state index < -0.39 is 0 Å². The number of hydrogen-bond donors (Lipinski definition) is 0. The molecule has 0 unspecified atom stereocenters. The molecule has 0 aromatic heterocycles. The molecule has 0 saturated carbocycles. The van der Waals surface area contributed by atoms with Gasteiger partial charge in [0, 0.05) is 0 Å². The SMILES string of the molecule is C.CC(C)/C=C\C(C)C.CC(C)C1=C(C(C)C)CCCC1. The average molecular weight is 295 g/mol. The van der Waals surface area contributed by atoms with Crippen molar-refractivity contribution in [3.05, 3.63) is 23.3 Å². The Bertz CT molecular complexity index is 270. The van der Waals surface area contributed by atoms with E-state index in [1.54, 1.807) is 11.1 Å². The van der Waals surface area contributed by atoms with Gasteiger partial charge >= 0.3 is 0 Å². The highest BCUT2D eigenvalue weighted by Crippen LogP contribution is 2.33. The lowest BCUT2D eigenvalue weighted by Crippen LogP contribution is -2.09. The molecule has 0 radical (unpaired) electrons. The van der Waals surface area contributed by atoms with E-state index in [4.69, 9.17) is 0 Å². The molecule has 0 fully saturated rings. The number of allylic oxidation sites excluding steroid dienone is 4. The molecule has 0 atom stereocenters. The molecule has 0 aliphatic heterocycles. The van der Waals surface area contributed by atoms with Gasteiger partial charge in [-0.3, -0.25) is 0 Å². The van der Waals surface area contributed by atoms with Crippen molar-refractivity contribution in [1.82, 2.24) is 0 Å². The van der Waals surface area contributed by atoms with Gasteiger partial charge in [-0.25, -0.2) is 0 Å². The highest BCUT2D eigenvalue weighted by atomic mass is 14.2. The predicted octanol–water partition coefficient (Wildman–Crippen LogP) is 7.66. The van der Waals surface area contributed by atoms with Crippen molar-refractivity contribution < 1.29 is 0 Å². The Hall–Kier alpha value is -0.520. The zero-order valence-corrected chi connectivity index (χ0v) is 15.3. The smallest absolute Gasteiger partial charge is 0.0257 e. The Morgan fingerprint density at radius 2 is 0.905 bits per heavy atom. The van der Waals surface area contributed by atoms with Crippen molar-refractivity contribution in [2.24, 2.45) is 23.7 Å². The summed E-state index contributed by atoms with van der Waals surface area (Å²) in [7, 11) is 0. The van der Waals surface area contributed by atoms with E-state index in [-0.39, 0.29) is 7.43 Å². The molecular formula is C21H42. The van der Waals surface area contributed by atoms with E-state index >= 15 is 0 Å². The summed E-state index contributed by atoms with van der Waals surface area (Å²) in [6, 6.07) is 0. The topological polar surface area (TPSA) is 0 Å². The molecule has 21 heavy (non-hydrogen) atoms. The molecule has 0 saturated heterocycles. The lowest BCUT2D eigenvalue weighted by atomic mass is 9.81. The third-order valence-electron chi connectivity index (χ3n) is 3.83. The Kier molecular flexibility index (Phi) is 13.1. The first-order valence-corrected chi connectivity index (χ1v) is 8.65. The Labute approximate surface area is 136 Å². The minimum Gasteiger partial charge on any atom is -0.0857 e. The quantitative estimate of drug-likeness (QED) is 0.467. The monoisotopic (exact) mass is 294 g/mol. The van der Waals surface area contributed by atoms with Gasteiger partial charge in [0.05, 0.1) is 0 Å². The van der Waals surface area contributed by atoms with Gasteiger partial charge in [0.1, 0.15) is 0 Å². The maximum Gasteiger partial charge on any atom is -0.0257 e. The highest BCUT2D eigenvalue weighted by molar-refractivity contribution is 5.20. The second-order valence-electron chi connectivity index (χ2n) is 7.44. The van der Waals surface area contributed by atoms with Gasteiger partial charge in [-0.1, -0.05) is 86.1 Å². The summed E-state index contributed by atoms with van der Waals surface area (Å²) in [5.74, 6) is 2.97. The fourth-order valence-electron chi connectivity index (χ4n) is 2.72. The molecule has 0 N–H and O–H groups in total. The fourth-order valence-corrected chi connectivity index (χ4v) is 2.72. The van der Waals surface area contributed by atoms with Crippen molar-refractivity contribution in [1.29, 1.82) is 0 Å². The van der Waals surface area contributed by atoms with Crippen LogP contribution in [0.5, 0.6) is 0 Å². The fraction of sp³-hybridized carbons (Fsp3) is 0.810. The van der Waals surface area contributed by atoms with Gasteiger partial charge < -0.3 is 0 Å². The largest absolute Gasteiger partial charge is 0.0857 e. The minimum atomic E-state index is 0. The molecule has 0 aromatic carbocycles. The summed E-state index contributed by atoms with van der Waals surface area (Å²) in [5, 5.41) is 0. The van der Waals surface area contributed by atoms with Gasteiger partial charge in [0.2, 0.25) is 0 Å². The zero-order valence-electron chi connectivity index (χ0n) is 15.3. The van der Waals surface area contributed by atoms with Crippen LogP contribution in [0.1, 0.15) is 88.5 Å². The third-order valence-corrected chi connectivity index (χ3v) is 3.83. The van der Waals surface area contributed by atoms with E-state index in [0.717, 1.165) is 11.8 Å². The van der Waals surface area contributed by atoms with Crippen LogP contribution in [-0.2, 0) is 0 Å². The molecule has 0 aromatic rings. The van der Waals surface area contributed by atoms with E-state index in [0.29, 0.717) is 11.8 Å². The summed E-state index contributed by atoms with van der Waals surface area (Å²) < 4.78 is 0. The molecule has 0 nitrogen and oxygen atoms in total. The van der Waals surface area contributed by atoms with Crippen molar-refractivity contribution in [3.63, 3.8) is 0 Å². The van der Waals surface area contributed by atoms with Crippen LogP contribution in [-0.4, -0.2) is 0 Å².